The number of carbonyl (C=O) groups excluding carboxylic acids is 1. The molecule has 3 heteroatoms. The molecular formula is C16H19NO2. The highest BCUT2D eigenvalue weighted by atomic mass is 16.3. The summed E-state index contributed by atoms with van der Waals surface area (Å²) in [5.74, 6) is 1.18. The van der Waals surface area contributed by atoms with Gasteiger partial charge in [0.1, 0.15) is 11.3 Å². The van der Waals surface area contributed by atoms with E-state index in [-0.39, 0.29) is 11.8 Å². The van der Waals surface area contributed by atoms with Crippen LogP contribution in [0.2, 0.25) is 0 Å². The number of carbonyl (C=O) groups is 1. The Hall–Kier alpha value is -1.77. The fourth-order valence-corrected chi connectivity index (χ4v) is 2.63. The van der Waals surface area contributed by atoms with Gasteiger partial charge in [0.15, 0.2) is 0 Å². The van der Waals surface area contributed by atoms with Crippen molar-refractivity contribution in [3.8, 4) is 0 Å². The fourth-order valence-electron chi connectivity index (χ4n) is 2.63. The third-order valence-corrected chi connectivity index (χ3v) is 3.75. The summed E-state index contributed by atoms with van der Waals surface area (Å²) in [4.78, 5) is 11.7. The van der Waals surface area contributed by atoms with Crippen LogP contribution in [-0.2, 0) is 17.6 Å². The van der Waals surface area contributed by atoms with Gasteiger partial charge in [-0.05, 0) is 37.5 Å². The van der Waals surface area contributed by atoms with Crippen LogP contribution in [-0.4, -0.2) is 5.91 Å². The number of amides is 1. The van der Waals surface area contributed by atoms with Crippen molar-refractivity contribution in [2.75, 3.05) is 5.32 Å². The first-order valence-electron chi connectivity index (χ1n) is 7.00. The summed E-state index contributed by atoms with van der Waals surface area (Å²) < 4.78 is 5.89. The summed E-state index contributed by atoms with van der Waals surface area (Å²) in [6.45, 7) is 3.79. The maximum absolute atomic E-state index is 11.7. The second-order valence-corrected chi connectivity index (χ2v) is 5.57. The number of furan rings is 1. The van der Waals surface area contributed by atoms with Crippen molar-refractivity contribution in [1.82, 2.24) is 0 Å². The van der Waals surface area contributed by atoms with Gasteiger partial charge in [-0.2, -0.15) is 0 Å². The summed E-state index contributed by atoms with van der Waals surface area (Å²) in [6, 6.07) is 5.92. The van der Waals surface area contributed by atoms with Crippen molar-refractivity contribution in [3.63, 3.8) is 0 Å². The molecule has 1 aliphatic carbocycles. The van der Waals surface area contributed by atoms with Crippen LogP contribution in [0, 0.1) is 5.92 Å². The molecule has 1 aliphatic rings. The lowest BCUT2D eigenvalue weighted by Crippen LogP contribution is -2.17. The number of hydrogen-bond acceptors (Lipinski definition) is 2. The van der Waals surface area contributed by atoms with Crippen molar-refractivity contribution in [2.24, 2.45) is 5.92 Å². The third kappa shape index (κ3) is 2.25. The smallest absolute Gasteiger partial charge is 0.226 e. The Balaban J connectivity index is 1.98. The van der Waals surface area contributed by atoms with Gasteiger partial charge in [0.25, 0.3) is 0 Å². The minimum atomic E-state index is -0.00559. The second kappa shape index (κ2) is 4.72. The van der Waals surface area contributed by atoms with Crippen molar-refractivity contribution in [3.05, 3.63) is 29.5 Å². The first kappa shape index (κ1) is 12.3. The first-order chi connectivity index (χ1) is 9.15. The van der Waals surface area contributed by atoms with Gasteiger partial charge in [0.2, 0.25) is 5.91 Å². The fraction of sp³-hybridized carbons (Fsp3) is 0.438. The number of hydrogen-bond donors (Lipinski definition) is 1. The molecule has 1 N–H and O–H groups in total. The van der Waals surface area contributed by atoms with E-state index in [0.29, 0.717) is 0 Å². The lowest BCUT2D eigenvalue weighted by atomic mass is 9.96. The van der Waals surface area contributed by atoms with Gasteiger partial charge in [-0.3, -0.25) is 4.79 Å². The van der Waals surface area contributed by atoms with Gasteiger partial charge in [-0.1, -0.05) is 13.8 Å². The monoisotopic (exact) mass is 257 g/mol. The number of fused-ring (bicyclic) bond motifs is 3. The van der Waals surface area contributed by atoms with E-state index in [9.17, 15) is 4.79 Å². The topological polar surface area (TPSA) is 42.2 Å². The molecule has 0 bridgehead atoms. The standard InChI is InChI=1S/C16H19NO2/c1-10(2)16(18)17-11-7-8-15-13(9-11)12-5-3-4-6-14(12)19-15/h7-10H,3-6H2,1-2H3,(H,17,18). The zero-order valence-electron chi connectivity index (χ0n) is 11.5. The number of benzene rings is 1. The van der Waals surface area contributed by atoms with Gasteiger partial charge < -0.3 is 9.73 Å². The van der Waals surface area contributed by atoms with Crippen molar-refractivity contribution >= 4 is 22.6 Å². The molecule has 1 aromatic heterocycles. The lowest BCUT2D eigenvalue weighted by Gasteiger charge is -2.09. The van der Waals surface area contributed by atoms with Crippen molar-refractivity contribution in [2.45, 2.75) is 39.5 Å². The molecule has 1 aromatic carbocycles. The van der Waals surface area contributed by atoms with Crippen LogP contribution in [0.3, 0.4) is 0 Å². The van der Waals surface area contributed by atoms with Crippen LogP contribution in [0.1, 0.15) is 38.0 Å². The van der Waals surface area contributed by atoms with E-state index in [0.717, 1.165) is 35.3 Å². The van der Waals surface area contributed by atoms with Gasteiger partial charge in [-0.25, -0.2) is 0 Å². The molecule has 0 radical (unpaired) electrons. The zero-order valence-corrected chi connectivity index (χ0v) is 11.5. The molecular weight excluding hydrogens is 238 g/mol. The number of rotatable bonds is 2. The van der Waals surface area contributed by atoms with Crippen LogP contribution in [0.4, 0.5) is 5.69 Å². The number of aryl methyl sites for hydroxylation is 2. The Bertz CT molecular complexity index is 625. The third-order valence-electron chi connectivity index (χ3n) is 3.75. The van der Waals surface area contributed by atoms with Crippen molar-refractivity contribution < 1.29 is 9.21 Å². The summed E-state index contributed by atoms with van der Waals surface area (Å²) in [5, 5.41) is 4.11. The predicted molar refractivity (Wildman–Crippen MR) is 76.3 cm³/mol. The van der Waals surface area contributed by atoms with E-state index in [1.807, 2.05) is 32.0 Å². The maximum atomic E-state index is 11.7. The normalized spacial score (nSPS) is 14.7. The van der Waals surface area contributed by atoms with E-state index < -0.39 is 0 Å². The first-order valence-corrected chi connectivity index (χ1v) is 7.00. The molecule has 100 valence electrons. The van der Waals surface area contributed by atoms with Crippen LogP contribution >= 0.6 is 0 Å². The molecule has 3 rings (SSSR count). The van der Waals surface area contributed by atoms with Gasteiger partial charge >= 0.3 is 0 Å². The molecule has 0 atom stereocenters. The van der Waals surface area contributed by atoms with Crippen LogP contribution in [0.25, 0.3) is 11.0 Å². The molecule has 19 heavy (non-hydrogen) atoms. The highest BCUT2D eigenvalue weighted by molar-refractivity contribution is 5.95. The molecule has 0 saturated heterocycles. The Labute approximate surface area is 113 Å². The molecule has 0 unspecified atom stereocenters. The quantitative estimate of drug-likeness (QED) is 0.886. The predicted octanol–water partition coefficient (Wildman–Crippen LogP) is 3.91. The molecule has 0 aliphatic heterocycles. The number of nitrogens with one attached hydrogen (secondary N) is 1. The molecule has 0 spiro atoms. The molecule has 1 heterocycles. The Kier molecular flexibility index (Phi) is 3.05. The van der Waals surface area contributed by atoms with Gasteiger partial charge in [0, 0.05) is 29.0 Å². The molecule has 3 nitrogen and oxygen atoms in total. The van der Waals surface area contributed by atoms with Gasteiger partial charge in [-0.15, -0.1) is 0 Å². The van der Waals surface area contributed by atoms with Crippen molar-refractivity contribution in [1.29, 1.82) is 0 Å². The molecule has 2 aromatic rings. The van der Waals surface area contributed by atoms with Crippen LogP contribution < -0.4 is 5.32 Å². The maximum Gasteiger partial charge on any atom is 0.226 e. The number of anilines is 1. The summed E-state index contributed by atoms with van der Waals surface area (Å²) in [6.07, 6.45) is 4.57. The van der Waals surface area contributed by atoms with Crippen LogP contribution in [0.15, 0.2) is 22.6 Å². The largest absolute Gasteiger partial charge is 0.461 e. The SMILES string of the molecule is CC(C)C(=O)Nc1ccc2oc3c(c2c1)CCCC3. The lowest BCUT2D eigenvalue weighted by molar-refractivity contribution is -0.118. The summed E-state index contributed by atoms with van der Waals surface area (Å²) in [5.41, 5.74) is 3.14. The Morgan fingerprint density at radius 2 is 2.05 bits per heavy atom. The minimum Gasteiger partial charge on any atom is -0.461 e. The van der Waals surface area contributed by atoms with Crippen LogP contribution in [0.5, 0.6) is 0 Å². The average molecular weight is 257 g/mol. The zero-order chi connectivity index (χ0) is 13.4. The van der Waals surface area contributed by atoms with E-state index >= 15 is 0 Å². The van der Waals surface area contributed by atoms with E-state index in [1.165, 1.54) is 18.4 Å². The second-order valence-electron chi connectivity index (χ2n) is 5.57. The highest BCUT2D eigenvalue weighted by Gasteiger charge is 2.18. The van der Waals surface area contributed by atoms with E-state index in [2.05, 4.69) is 5.32 Å². The van der Waals surface area contributed by atoms with Gasteiger partial charge in [0.05, 0.1) is 0 Å². The van der Waals surface area contributed by atoms with E-state index in [1.54, 1.807) is 0 Å². The highest BCUT2D eigenvalue weighted by Crippen LogP contribution is 2.33. The van der Waals surface area contributed by atoms with E-state index in [4.69, 9.17) is 4.42 Å². The Morgan fingerprint density at radius 1 is 1.26 bits per heavy atom. The summed E-state index contributed by atoms with van der Waals surface area (Å²) >= 11 is 0. The molecule has 0 saturated carbocycles. The average Bonchev–Trinajstić information content (AvgIpc) is 2.76. The molecule has 0 fully saturated rings. The molecule has 1 amide bonds. The summed E-state index contributed by atoms with van der Waals surface area (Å²) in [7, 11) is 0. The minimum absolute atomic E-state index is 0.00559. The Morgan fingerprint density at radius 3 is 2.84 bits per heavy atom.